The number of hydrazine groups is 1. The van der Waals surface area contributed by atoms with Crippen LogP contribution in [0.4, 0.5) is 0 Å². The van der Waals surface area contributed by atoms with E-state index in [-0.39, 0.29) is 12.3 Å². The molecule has 0 unspecified atom stereocenters. The zero-order chi connectivity index (χ0) is 16.9. The van der Waals surface area contributed by atoms with Crippen LogP contribution in [0.5, 0.6) is 0 Å². The summed E-state index contributed by atoms with van der Waals surface area (Å²) in [6.07, 6.45) is 1.74. The molecule has 124 valence electrons. The number of rotatable bonds is 4. The smallest absolute Gasteiger partial charge is 0.245 e. The Bertz CT molecular complexity index is 857. The summed E-state index contributed by atoms with van der Waals surface area (Å²) in [6, 6.07) is 11.4. The maximum Gasteiger partial charge on any atom is 0.245 e. The largest absolute Gasteiger partial charge is 0.467 e. The molecular formula is C16H17N5O2S. The van der Waals surface area contributed by atoms with Gasteiger partial charge in [0.25, 0.3) is 0 Å². The highest BCUT2D eigenvalue weighted by Crippen LogP contribution is 2.14. The van der Waals surface area contributed by atoms with E-state index in [4.69, 9.17) is 16.6 Å². The number of nitrogens with one attached hydrogen (secondary N) is 3. The van der Waals surface area contributed by atoms with Crippen molar-refractivity contribution in [3.05, 3.63) is 54.2 Å². The summed E-state index contributed by atoms with van der Waals surface area (Å²) in [6.45, 7) is 0.444. The van der Waals surface area contributed by atoms with Gasteiger partial charge in [-0.3, -0.25) is 15.6 Å². The fourth-order valence-electron chi connectivity index (χ4n) is 2.29. The van der Waals surface area contributed by atoms with Crippen LogP contribution in [-0.2, 0) is 24.8 Å². The first kappa shape index (κ1) is 16.0. The molecule has 8 heteroatoms. The summed E-state index contributed by atoms with van der Waals surface area (Å²) >= 11 is 5.09. The molecule has 0 atom stereocenters. The quantitative estimate of drug-likeness (QED) is 0.491. The molecule has 0 bridgehead atoms. The van der Waals surface area contributed by atoms with Crippen molar-refractivity contribution in [2.24, 2.45) is 7.05 Å². The van der Waals surface area contributed by atoms with E-state index in [1.165, 1.54) is 0 Å². The molecule has 0 aliphatic heterocycles. The van der Waals surface area contributed by atoms with Crippen molar-refractivity contribution in [1.82, 2.24) is 25.7 Å². The van der Waals surface area contributed by atoms with Gasteiger partial charge >= 0.3 is 0 Å². The van der Waals surface area contributed by atoms with Crippen LogP contribution < -0.4 is 16.2 Å². The maximum atomic E-state index is 12.0. The minimum atomic E-state index is -0.226. The molecule has 0 spiro atoms. The van der Waals surface area contributed by atoms with Gasteiger partial charge in [-0.25, -0.2) is 4.98 Å². The number of aryl methyl sites for hydroxylation is 1. The third-order valence-corrected chi connectivity index (χ3v) is 3.76. The summed E-state index contributed by atoms with van der Waals surface area (Å²) in [4.78, 5) is 16.5. The number of hydrogen-bond donors (Lipinski definition) is 3. The molecule has 1 amide bonds. The van der Waals surface area contributed by atoms with E-state index in [9.17, 15) is 4.79 Å². The van der Waals surface area contributed by atoms with Crippen LogP contribution in [0.2, 0.25) is 0 Å². The van der Waals surface area contributed by atoms with Crippen LogP contribution in [0.15, 0.2) is 47.1 Å². The van der Waals surface area contributed by atoms with E-state index >= 15 is 0 Å². The first-order valence-electron chi connectivity index (χ1n) is 7.39. The lowest BCUT2D eigenvalue weighted by Gasteiger charge is -2.10. The van der Waals surface area contributed by atoms with E-state index in [0.717, 1.165) is 16.8 Å². The van der Waals surface area contributed by atoms with Crippen molar-refractivity contribution in [1.29, 1.82) is 0 Å². The number of aromatic nitrogens is 2. The summed E-state index contributed by atoms with van der Waals surface area (Å²) in [7, 11) is 1.89. The SMILES string of the molecule is Cn1c(CC(=O)NNC(=S)NCc2ccco2)nc2ccccc21. The number of nitrogens with zero attached hydrogens (tertiary/aromatic N) is 2. The fourth-order valence-corrected chi connectivity index (χ4v) is 2.42. The molecule has 0 aliphatic rings. The lowest BCUT2D eigenvalue weighted by molar-refractivity contribution is -0.121. The van der Waals surface area contributed by atoms with Gasteiger partial charge in [-0.05, 0) is 36.5 Å². The van der Waals surface area contributed by atoms with Crippen LogP contribution in [0, 0.1) is 0 Å². The van der Waals surface area contributed by atoms with Gasteiger partial charge in [0.15, 0.2) is 5.11 Å². The number of imidazole rings is 1. The van der Waals surface area contributed by atoms with Crippen LogP contribution in [0.3, 0.4) is 0 Å². The highest BCUT2D eigenvalue weighted by Gasteiger charge is 2.11. The maximum absolute atomic E-state index is 12.0. The predicted molar refractivity (Wildman–Crippen MR) is 93.8 cm³/mol. The molecule has 3 N–H and O–H groups in total. The third kappa shape index (κ3) is 3.72. The molecule has 3 rings (SSSR count). The second-order valence-electron chi connectivity index (χ2n) is 5.19. The second-order valence-corrected chi connectivity index (χ2v) is 5.60. The fraction of sp³-hybridized carbons (Fsp3) is 0.188. The molecular weight excluding hydrogens is 326 g/mol. The van der Waals surface area contributed by atoms with Gasteiger partial charge in [-0.1, -0.05) is 12.1 Å². The lowest BCUT2D eigenvalue weighted by atomic mass is 10.3. The first-order valence-corrected chi connectivity index (χ1v) is 7.79. The molecule has 0 radical (unpaired) electrons. The predicted octanol–water partition coefficient (Wildman–Crippen LogP) is 1.40. The van der Waals surface area contributed by atoms with Crippen molar-refractivity contribution >= 4 is 34.3 Å². The summed E-state index contributed by atoms with van der Waals surface area (Å²) < 4.78 is 7.09. The third-order valence-electron chi connectivity index (χ3n) is 3.52. The monoisotopic (exact) mass is 343 g/mol. The molecule has 2 aromatic heterocycles. The van der Waals surface area contributed by atoms with Crippen LogP contribution >= 0.6 is 12.2 Å². The normalized spacial score (nSPS) is 10.5. The minimum absolute atomic E-state index is 0.152. The van der Waals surface area contributed by atoms with Gasteiger partial charge in [-0.2, -0.15) is 0 Å². The lowest BCUT2D eigenvalue weighted by Crippen LogP contribution is -2.47. The first-order chi connectivity index (χ1) is 11.6. The second kappa shape index (κ2) is 7.14. The number of benzene rings is 1. The average molecular weight is 343 g/mol. The van der Waals surface area contributed by atoms with Crippen LogP contribution in [0.25, 0.3) is 11.0 Å². The van der Waals surface area contributed by atoms with Crippen molar-refractivity contribution in [3.63, 3.8) is 0 Å². The number of fused-ring (bicyclic) bond motifs is 1. The molecule has 0 saturated carbocycles. The number of furan rings is 1. The molecule has 1 aromatic carbocycles. The zero-order valence-electron chi connectivity index (χ0n) is 13.1. The van der Waals surface area contributed by atoms with Gasteiger partial charge in [0, 0.05) is 7.05 Å². The molecule has 0 fully saturated rings. The molecule has 24 heavy (non-hydrogen) atoms. The molecule has 0 saturated heterocycles. The van der Waals surface area contributed by atoms with Gasteiger partial charge < -0.3 is 14.3 Å². The summed E-state index contributed by atoms with van der Waals surface area (Å²) in [5, 5.41) is 3.24. The topological polar surface area (TPSA) is 84.1 Å². The highest BCUT2D eigenvalue weighted by atomic mass is 32.1. The van der Waals surface area contributed by atoms with E-state index in [1.54, 1.807) is 12.3 Å². The van der Waals surface area contributed by atoms with E-state index in [1.807, 2.05) is 41.9 Å². The van der Waals surface area contributed by atoms with E-state index in [0.29, 0.717) is 17.5 Å². The molecule has 7 nitrogen and oxygen atoms in total. The van der Waals surface area contributed by atoms with Gasteiger partial charge in [0.2, 0.25) is 5.91 Å². The number of para-hydroxylation sites is 2. The van der Waals surface area contributed by atoms with Crippen molar-refractivity contribution in [2.75, 3.05) is 0 Å². The number of hydrogen-bond acceptors (Lipinski definition) is 4. The Balaban J connectivity index is 1.49. The minimum Gasteiger partial charge on any atom is -0.467 e. The van der Waals surface area contributed by atoms with Gasteiger partial charge in [-0.15, -0.1) is 0 Å². The van der Waals surface area contributed by atoms with Crippen molar-refractivity contribution in [2.45, 2.75) is 13.0 Å². The molecule has 3 aromatic rings. The summed E-state index contributed by atoms with van der Waals surface area (Å²) in [5.74, 6) is 1.21. The van der Waals surface area contributed by atoms with Crippen molar-refractivity contribution < 1.29 is 9.21 Å². The van der Waals surface area contributed by atoms with E-state index in [2.05, 4.69) is 21.2 Å². The Kier molecular flexibility index (Phi) is 4.76. The summed E-state index contributed by atoms with van der Waals surface area (Å²) in [5.41, 5.74) is 7.07. The van der Waals surface area contributed by atoms with Crippen LogP contribution in [-0.4, -0.2) is 20.6 Å². The number of carbonyl (C=O) groups is 1. The molecule has 0 aliphatic carbocycles. The molecule has 2 heterocycles. The number of carbonyl (C=O) groups excluding carboxylic acids is 1. The van der Waals surface area contributed by atoms with Gasteiger partial charge in [0.05, 0.1) is 30.3 Å². The number of amides is 1. The Hall–Kier alpha value is -2.87. The Morgan fingerprint density at radius 3 is 2.83 bits per heavy atom. The zero-order valence-corrected chi connectivity index (χ0v) is 13.9. The number of thiocarbonyl (C=S) groups is 1. The van der Waals surface area contributed by atoms with Crippen LogP contribution in [0.1, 0.15) is 11.6 Å². The Morgan fingerprint density at radius 2 is 2.08 bits per heavy atom. The average Bonchev–Trinajstić information content (AvgIpc) is 3.20. The van der Waals surface area contributed by atoms with E-state index < -0.39 is 0 Å². The van der Waals surface area contributed by atoms with Gasteiger partial charge in [0.1, 0.15) is 11.6 Å². The van der Waals surface area contributed by atoms with Crippen molar-refractivity contribution in [3.8, 4) is 0 Å². The highest BCUT2D eigenvalue weighted by molar-refractivity contribution is 7.80. The Morgan fingerprint density at radius 1 is 1.25 bits per heavy atom. The standard InChI is InChI=1S/C16H17N5O2S/c1-21-13-7-3-2-6-12(13)18-14(21)9-15(22)19-20-16(24)17-10-11-5-4-8-23-11/h2-8H,9-10H2,1H3,(H,19,22)(H2,17,20,24). The Labute approximate surface area is 144 Å².